The summed E-state index contributed by atoms with van der Waals surface area (Å²) in [6.07, 6.45) is 0.835. The Morgan fingerprint density at radius 1 is 0.900 bits per heavy atom. The number of rotatable bonds is 5. The monoisotopic (exact) mass is 396 g/mol. The number of anilines is 1. The van der Waals surface area contributed by atoms with E-state index in [-0.39, 0.29) is 16.5 Å². The summed E-state index contributed by atoms with van der Waals surface area (Å²) >= 11 is 0. The topological polar surface area (TPSA) is 73.0 Å². The third kappa shape index (κ3) is 3.03. The summed E-state index contributed by atoms with van der Waals surface area (Å²) in [6, 6.07) is 27.3. The van der Waals surface area contributed by atoms with Gasteiger partial charge in [0, 0.05) is 18.2 Å². The third-order valence-electron chi connectivity index (χ3n) is 5.53. The minimum atomic E-state index is -0.357. The first kappa shape index (κ1) is 18.1. The second kappa shape index (κ2) is 7.48. The van der Waals surface area contributed by atoms with Gasteiger partial charge in [0.05, 0.1) is 16.5 Å². The van der Waals surface area contributed by atoms with Crippen LogP contribution in [-0.2, 0) is 6.42 Å². The normalized spacial score (nSPS) is 12.6. The number of hydrogen-bond donors (Lipinski definition) is 1. The summed E-state index contributed by atoms with van der Waals surface area (Å²) in [6.45, 7) is 0.789. The lowest BCUT2D eigenvalue weighted by Crippen LogP contribution is -2.10. The molecule has 0 unspecified atom stereocenters. The van der Waals surface area contributed by atoms with Gasteiger partial charge in [-0.2, -0.15) is 5.10 Å². The maximum atomic E-state index is 11.6. The molecule has 2 heterocycles. The Morgan fingerprint density at radius 2 is 1.50 bits per heavy atom. The number of hydrogen-bond acceptors (Lipinski definition) is 4. The Morgan fingerprint density at radius 3 is 2.13 bits per heavy atom. The molecular formula is C24H20N4O2. The van der Waals surface area contributed by atoms with Gasteiger partial charge < -0.3 is 5.32 Å². The second-order valence-corrected chi connectivity index (χ2v) is 7.30. The summed E-state index contributed by atoms with van der Waals surface area (Å²) in [5.41, 5.74) is 4.85. The Kier molecular flexibility index (Phi) is 4.52. The minimum Gasteiger partial charge on any atom is -0.369 e. The van der Waals surface area contributed by atoms with Crippen molar-refractivity contribution in [1.29, 1.82) is 0 Å². The van der Waals surface area contributed by atoms with Crippen LogP contribution in [0.25, 0.3) is 5.69 Å². The molecule has 0 bridgehead atoms. The molecule has 1 aliphatic heterocycles. The first-order valence-electron chi connectivity index (χ1n) is 9.93. The molecule has 6 heteroatoms. The molecule has 4 aromatic rings. The highest BCUT2D eigenvalue weighted by Gasteiger charge is 2.31. The van der Waals surface area contributed by atoms with Crippen molar-refractivity contribution in [2.75, 3.05) is 11.9 Å². The molecule has 0 saturated carbocycles. The van der Waals surface area contributed by atoms with Gasteiger partial charge in [-0.15, -0.1) is 0 Å². The van der Waals surface area contributed by atoms with Crippen molar-refractivity contribution in [2.45, 2.75) is 12.3 Å². The van der Waals surface area contributed by atoms with Gasteiger partial charge in [0.25, 0.3) is 5.69 Å². The maximum absolute atomic E-state index is 11.6. The zero-order valence-corrected chi connectivity index (χ0v) is 16.2. The number of aromatic nitrogens is 2. The summed E-state index contributed by atoms with van der Waals surface area (Å²) in [7, 11) is 0. The molecule has 30 heavy (non-hydrogen) atoms. The zero-order valence-electron chi connectivity index (χ0n) is 16.2. The van der Waals surface area contributed by atoms with Crippen molar-refractivity contribution in [3.05, 3.63) is 117 Å². The van der Waals surface area contributed by atoms with Crippen LogP contribution in [0.15, 0.2) is 84.9 Å². The van der Waals surface area contributed by atoms with Crippen LogP contribution in [0.3, 0.4) is 0 Å². The van der Waals surface area contributed by atoms with E-state index in [1.54, 1.807) is 22.9 Å². The second-order valence-electron chi connectivity index (χ2n) is 7.30. The first-order chi connectivity index (χ1) is 14.7. The highest BCUT2D eigenvalue weighted by atomic mass is 16.6. The van der Waals surface area contributed by atoms with Gasteiger partial charge in [-0.3, -0.25) is 10.1 Å². The van der Waals surface area contributed by atoms with Crippen LogP contribution in [0.4, 0.5) is 11.5 Å². The van der Waals surface area contributed by atoms with Crippen LogP contribution in [0.5, 0.6) is 0 Å². The smallest absolute Gasteiger partial charge is 0.294 e. The van der Waals surface area contributed by atoms with Crippen molar-refractivity contribution in [2.24, 2.45) is 0 Å². The van der Waals surface area contributed by atoms with Gasteiger partial charge in [0.2, 0.25) is 0 Å². The largest absolute Gasteiger partial charge is 0.369 e. The standard InChI is InChI=1S/C24H20N4O2/c29-28(30)21-14-8-7-13-20(21)27-24-19(15-16-25-24)23(26-27)22(17-9-3-1-4-10-17)18-11-5-2-6-12-18/h1-14,22,25H,15-16H2. The molecule has 6 nitrogen and oxygen atoms in total. The Bertz CT molecular complexity index is 1160. The van der Waals surface area contributed by atoms with Crippen LogP contribution in [-0.4, -0.2) is 21.2 Å². The van der Waals surface area contributed by atoms with Gasteiger partial charge in [-0.25, -0.2) is 4.68 Å². The first-order valence-corrected chi connectivity index (χ1v) is 9.93. The lowest BCUT2D eigenvalue weighted by atomic mass is 9.86. The highest BCUT2D eigenvalue weighted by molar-refractivity contribution is 5.63. The minimum absolute atomic E-state index is 0.0408. The Labute approximate surface area is 174 Å². The molecule has 5 rings (SSSR count). The molecule has 1 aromatic heterocycles. The van der Waals surface area contributed by atoms with E-state index in [1.165, 1.54) is 6.07 Å². The van der Waals surface area contributed by atoms with Crippen molar-refractivity contribution in [1.82, 2.24) is 9.78 Å². The van der Waals surface area contributed by atoms with Crippen LogP contribution in [0, 0.1) is 10.1 Å². The average Bonchev–Trinajstić information content (AvgIpc) is 3.39. The summed E-state index contributed by atoms with van der Waals surface area (Å²) in [4.78, 5) is 11.3. The zero-order chi connectivity index (χ0) is 20.5. The summed E-state index contributed by atoms with van der Waals surface area (Å²) in [5.74, 6) is 0.793. The van der Waals surface area contributed by atoms with Crippen molar-refractivity contribution in [3.8, 4) is 5.69 Å². The predicted octanol–water partition coefficient (Wildman–Crippen LogP) is 4.93. The summed E-state index contributed by atoms with van der Waals surface area (Å²) in [5, 5.41) is 20.0. The van der Waals surface area contributed by atoms with Gasteiger partial charge >= 0.3 is 0 Å². The number of nitro groups is 1. The molecule has 0 amide bonds. The number of fused-ring (bicyclic) bond motifs is 1. The van der Waals surface area contributed by atoms with Gasteiger partial charge in [-0.05, 0) is 23.6 Å². The molecule has 148 valence electrons. The highest BCUT2D eigenvalue weighted by Crippen LogP contribution is 2.39. The van der Waals surface area contributed by atoms with Crippen LogP contribution >= 0.6 is 0 Å². The van der Waals surface area contributed by atoms with E-state index < -0.39 is 0 Å². The van der Waals surface area contributed by atoms with Crippen LogP contribution in [0.1, 0.15) is 28.3 Å². The van der Waals surface area contributed by atoms with Gasteiger partial charge in [0.15, 0.2) is 0 Å². The number of para-hydroxylation sites is 2. The van der Waals surface area contributed by atoms with Gasteiger partial charge in [0.1, 0.15) is 11.5 Å². The van der Waals surface area contributed by atoms with Crippen molar-refractivity contribution >= 4 is 11.5 Å². The van der Waals surface area contributed by atoms with E-state index in [2.05, 4.69) is 29.6 Å². The van der Waals surface area contributed by atoms with E-state index in [1.807, 2.05) is 36.4 Å². The van der Waals surface area contributed by atoms with E-state index in [4.69, 9.17) is 5.10 Å². The molecule has 1 aliphatic rings. The fraction of sp³-hybridized carbons (Fsp3) is 0.125. The molecule has 0 spiro atoms. The Balaban J connectivity index is 1.74. The number of nitrogens with one attached hydrogen (secondary N) is 1. The van der Waals surface area contributed by atoms with E-state index in [0.29, 0.717) is 5.69 Å². The number of nitrogens with zero attached hydrogens (tertiary/aromatic N) is 3. The fourth-order valence-corrected chi connectivity index (χ4v) is 4.20. The Hall–Kier alpha value is -3.93. The fourth-order valence-electron chi connectivity index (χ4n) is 4.20. The van der Waals surface area contributed by atoms with Crippen molar-refractivity contribution < 1.29 is 4.92 Å². The van der Waals surface area contributed by atoms with Crippen LogP contribution < -0.4 is 5.32 Å². The quantitative estimate of drug-likeness (QED) is 0.383. The molecule has 0 fully saturated rings. The lowest BCUT2D eigenvalue weighted by molar-refractivity contribution is -0.384. The number of nitro benzene ring substituents is 1. The molecule has 0 radical (unpaired) electrons. The predicted molar refractivity (Wildman–Crippen MR) is 116 cm³/mol. The lowest BCUT2D eigenvalue weighted by Gasteiger charge is -2.17. The average molecular weight is 396 g/mol. The summed E-state index contributed by atoms with van der Waals surface area (Å²) < 4.78 is 1.70. The third-order valence-corrected chi connectivity index (χ3v) is 5.53. The van der Waals surface area contributed by atoms with E-state index >= 15 is 0 Å². The van der Waals surface area contributed by atoms with Crippen LogP contribution in [0.2, 0.25) is 0 Å². The maximum Gasteiger partial charge on any atom is 0.294 e. The van der Waals surface area contributed by atoms with E-state index in [9.17, 15) is 10.1 Å². The number of benzene rings is 3. The van der Waals surface area contributed by atoms with E-state index in [0.717, 1.165) is 41.2 Å². The van der Waals surface area contributed by atoms with Crippen molar-refractivity contribution in [3.63, 3.8) is 0 Å². The molecule has 0 atom stereocenters. The SMILES string of the molecule is O=[N+]([O-])c1ccccc1-n1nc(C(c2ccccc2)c2ccccc2)c2c1NCC2. The molecule has 0 saturated heterocycles. The molecule has 1 N–H and O–H groups in total. The molecular weight excluding hydrogens is 376 g/mol. The molecule has 0 aliphatic carbocycles. The molecule has 3 aromatic carbocycles. The van der Waals surface area contributed by atoms with Gasteiger partial charge in [-0.1, -0.05) is 72.8 Å².